The average Bonchev–Trinajstić information content (AvgIpc) is 3.04. The molecule has 0 spiro atoms. The monoisotopic (exact) mass is 651 g/mol. The fraction of sp³-hybridized carbons (Fsp3) is 0.243. The molecule has 10 heteroatoms. The van der Waals surface area contributed by atoms with Gasteiger partial charge in [-0.3, -0.25) is 9.59 Å². The van der Waals surface area contributed by atoms with Gasteiger partial charge in [0.25, 0.3) is 11.5 Å². The lowest BCUT2D eigenvalue weighted by Crippen LogP contribution is -2.21. The molecule has 0 aliphatic carbocycles. The van der Waals surface area contributed by atoms with Gasteiger partial charge >= 0.3 is 0 Å². The van der Waals surface area contributed by atoms with Crippen molar-refractivity contribution < 1.29 is 14.3 Å². The zero-order valence-corrected chi connectivity index (χ0v) is 28.1. The highest BCUT2D eigenvalue weighted by Crippen LogP contribution is 2.34. The quantitative estimate of drug-likeness (QED) is 0.148. The largest absolute Gasteiger partial charge is 0.494 e. The van der Waals surface area contributed by atoms with Crippen LogP contribution in [0.5, 0.6) is 11.5 Å². The van der Waals surface area contributed by atoms with E-state index in [9.17, 15) is 9.59 Å². The fourth-order valence-corrected chi connectivity index (χ4v) is 5.23. The Balaban J connectivity index is 1.57. The van der Waals surface area contributed by atoms with Crippen LogP contribution in [-0.2, 0) is 4.79 Å². The summed E-state index contributed by atoms with van der Waals surface area (Å²) in [6, 6.07) is 23.7. The van der Waals surface area contributed by atoms with Gasteiger partial charge in [0.05, 0.1) is 23.7 Å². The van der Waals surface area contributed by atoms with Crippen molar-refractivity contribution in [2.75, 3.05) is 37.5 Å². The van der Waals surface area contributed by atoms with Gasteiger partial charge in [-0.15, -0.1) is 0 Å². The number of nitrogens with zero attached hydrogens (tertiary/aromatic N) is 4. The number of rotatable bonds is 11. The number of carbonyl (C=O) groups is 1. The van der Waals surface area contributed by atoms with Crippen molar-refractivity contribution in [2.45, 2.75) is 33.6 Å². The maximum absolute atomic E-state index is 14.0. The molecule has 1 aromatic heterocycles. The number of hydrogen-bond acceptors (Lipinski definition) is 7. The molecule has 0 saturated carbocycles. The van der Waals surface area contributed by atoms with E-state index < -0.39 is 0 Å². The van der Waals surface area contributed by atoms with Gasteiger partial charge < -0.3 is 19.7 Å². The molecular formula is C37H38ClN5O4. The van der Waals surface area contributed by atoms with E-state index in [2.05, 4.69) is 19.2 Å². The highest BCUT2D eigenvalue weighted by Gasteiger charge is 2.19. The number of nitrogens with one attached hydrogen (secondary N) is 1. The van der Waals surface area contributed by atoms with E-state index in [1.165, 1.54) is 4.68 Å². The van der Waals surface area contributed by atoms with Crippen molar-refractivity contribution in [3.05, 3.63) is 111 Å². The van der Waals surface area contributed by atoms with Crippen LogP contribution >= 0.6 is 11.6 Å². The lowest BCUT2D eigenvalue weighted by molar-refractivity contribution is -0.118. The molecule has 242 valence electrons. The Labute approximate surface area is 279 Å². The van der Waals surface area contributed by atoms with Crippen molar-refractivity contribution in [1.29, 1.82) is 0 Å². The molecule has 1 N–H and O–H groups in total. The number of para-hydroxylation sites is 1. The first-order valence-electron chi connectivity index (χ1n) is 15.4. The molecule has 5 aromatic rings. The van der Waals surface area contributed by atoms with Crippen LogP contribution in [0.25, 0.3) is 22.3 Å². The first kappa shape index (κ1) is 33.2. The molecule has 0 aliphatic rings. The summed E-state index contributed by atoms with van der Waals surface area (Å²) >= 11 is 5.96. The Morgan fingerprint density at radius 1 is 1.02 bits per heavy atom. The van der Waals surface area contributed by atoms with Crippen LogP contribution in [0.1, 0.15) is 43.4 Å². The highest BCUT2D eigenvalue weighted by atomic mass is 35.5. The molecule has 1 heterocycles. The SMILES string of the molecule is CCOc1cc(C)c(-c2nc3ccccc3c(=O)n2N=Cc2ccc(N(C)C)cc2OCC(=O)Nc2ccc(Cl)cc2)cc1C(C)C. The molecule has 1 amide bonds. The van der Waals surface area contributed by atoms with Gasteiger partial charge in [0.1, 0.15) is 11.5 Å². The summed E-state index contributed by atoms with van der Waals surface area (Å²) in [5.41, 5.74) is 5.00. The van der Waals surface area contributed by atoms with E-state index >= 15 is 0 Å². The van der Waals surface area contributed by atoms with E-state index in [0.717, 1.165) is 28.1 Å². The summed E-state index contributed by atoms with van der Waals surface area (Å²) in [7, 11) is 3.83. The molecule has 9 nitrogen and oxygen atoms in total. The van der Waals surface area contributed by atoms with Crippen LogP contribution < -0.4 is 25.2 Å². The number of hydrogen-bond donors (Lipinski definition) is 1. The summed E-state index contributed by atoms with van der Waals surface area (Å²) in [6.45, 7) is 8.43. The van der Waals surface area contributed by atoms with E-state index in [1.807, 2.05) is 75.3 Å². The summed E-state index contributed by atoms with van der Waals surface area (Å²) in [5, 5.41) is 8.52. The number of benzene rings is 4. The Hall–Kier alpha value is -5.15. The first-order valence-corrected chi connectivity index (χ1v) is 15.8. The molecule has 0 saturated heterocycles. The third-order valence-electron chi connectivity index (χ3n) is 7.59. The average molecular weight is 652 g/mol. The van der Waals surface area contributed by atoms with Crippen LogP contribution in [0.2, 0.25) is 5.02 Å². The Kier molecular flexibility index (Phi) is 10.3. The number of anilines is 2. The summed E-state index contributed by atoms with van der Waals surface area (Å²) < 4.78 is 13.3. The molecule has 0 unspecified atom stereocenters. The number of carbonyl (C=O) groups excluding carboxylic acids is 1. The molecule has 5 rings (SSSR count). The second-order valence-electron chi connectivity index (χ2n) is 11.6. The summed E-state index contributed by atoms with van der Waals surface area (Å²) in [5.74, 6) is 1.47. The van der Waals surface area contributed by atoms with E-state index in [4.69, 9.17) is 31.2 Å². The standard InChI is InChI=1S/C37H38ClN5O4/c1-7-46-34-18-24(4)31(20-30(34)23(2)3)36-41-32-11-9-8-10-29(32)37(45)43(36)39-21-25-12-17-28(42(5)6)19-33(25)47-22-35(44)40-27-15-13-26(38)14-16-27/h8-21,23H,7,22H2,1-6H3,(H,40,44). The van der Waals surface area contributed by atoms with Gasteiger partial charge in [0.2, 0.25) is 0 Å². The van der Waals surface area contributed by atoms with Crippen LogP contribution in [0.3, 0.4) is 0 Å². The van der Waals surface area contributed by atoms with Crippen molar-refractivity contribution in [2.24, 2.45) is 5.10 Å². The maximum Gasteiger partial charge on any atom is 0.282 e. The van der Waals surface area contributed by atoms with E-state index in [-0.39, 0.29) is 24.0 Å². The minimum Gasteiger partial charge on any atom is -0.494 e. The van der Waals surface area contributed by atoms with Crippen molar-refractivity contribution in [3.63, 3.8) is 0 Å². The zero-order chi connectivity index (χ0) is 33.7. The normalized spacial score (nSPS) is 11.3. The Morgan fingerprint density at radius 3 is 2.47 bits per heavy atom. The predicted octanol–water partition coefficient (Wildman–Crippen LogP) is 7.51. The summed E-state index contributed by atoms with van der Waals surface area (Å²) in [4.78, 5) is 33.6. The zero-order valence-electron chi connectivity index (χ0n) is 27.4. The van der Waals surface area contributed by atoms with Gasteiger partial charge in [-0.05, 0) is 91.6 Å². The Bertz CT molecular complexity index is 2000. The third-order valence-corrected chi connectivity index (χ3v) is 7.84. The molecule has 0 radical (unpaired) electrons. The van der Waals surface area contributed by atoms with Crippen LogP contribution in [0, 0.1) is 6.92 Å². The Morgan fingerprint density at radius 2 is 1.77 bits per heavy atom. The smallest absolute Gasteiger partial charge is 0.282 e. The van der Waals surface area contributed by atoms with E-state index in [0.29, 0.717) is 45.4 Å². The second-order valence-corrected chi connectivity index (χ2v) is 12.0. The number of fused-ring (bicyclic) bond motifs is 1. The van der Waals surface area contributed by atoms with Gasteiger partial charge in [0.15, 0.2) is 12.4 Å². The van der Waals surface area contributed by atoms with Gasteiger partial charge in [-0.1, -0.05) is 37.6 Å². The van der Waals surface area contributed by atoms with Crippen LogP contribution in [-0.4, -0.2) is 49.1 Å². The second kappa shape index (κ2) is 14.5. The van der Waals surface area contributed by atoms with Gasteiger partial charge in [-0.2, -0.15) is 9.78 Å². The lowest BCUT2D eigenvalue weighted by atomic mass is 9.96. The molecular weight excluding hydrogens is 614 g/mol. The number of ether oxygens (including phenoxy) is 2. The molecule has 4 aromatic carbocycles. The maximum atomic E-state index is 14.0. The minimum atomic E-state index is -0.338. The predicted molar refractivity (Wildman–Crippen MR) is 191 cm³/mol. The van der Waals surface area contributed by atoms with Gasteiger partial charge in [-0.25, -0.2) is 4.98 Å². The number of aryl methyl sites for hydroxylation is 1. The molecule has 0 aliphatic heterocycles. The highest BCUT2D eigenvalue weighted by molar-refractivity contribution is 6.30. The fourth-order valence-electron chi connectivity index (χ4n) is 5.10. The van der Waals surface area contributed by atoms with Crippen molar-refractivity contribution >= 4 is 46.0 Å². The van der Waals surface area contributed by atoms with Crippen molar-refractivity contribution in [1.82, 2.24) is 9.66 Å². The molecule has 0 atom stereocenters. The first-order chi connectivity index (χ1) is 22.5. The number of amides is 1. The number of halogens is 1. The third kappa shape index (κ3) is 7.64. The molecule has 0 fully saturated rings. The molecule has 47 heavy (non-hydrogen) atoms. The van der Waals surface area contributed by atoms with Crippen molar-refractivity contribution in [3.8, 4) is 22.9 Å². The number of aromatic nitrogens is 2. The minimum absolute atomic E-state index is 0.173. The topological polar surface area (TPSA) is 98.1 Å². The van der Waals surface area contributed by atoms with Crippen LogP contribution in [0.4, 0.5) is 11.4 Å². The lowest BCUT2D eigenvalue weighted by Gasteiger charge is -2.18. The van der Waals surface area contributed by atoms with Crippen LogP contribution in [0.15, 0.2) is 88.8 Å². The molecule has 0 bridgehead atoms. The van der Waals surface area contributed by atoms with Gasteiger partial charge in [0, 0.05) is 47.7 Å². The summed E-state index contributed by atoms with van der Waals surface area (Å²) in [6.07, 6.45) is 1.56. The van der Waals surface area contributed by atoms with E-state index in [1.54, 1.807) is 42.6 Å².